The molecule has 0 bridgehead atoms. The predicted octanol–water partition coefficient (Wildman–Crippen LogP) is 1.03. The Morgan fingerprint density at radius 2 is 2.16 bits per heavy atom. The van der Waals surface area contributed by atoms with Gasteiger partial charge in [0, 0.05) is 12.2 Å². The maximum Gasteiger partial charge on any atom is 0.256 e. The molecular weight excluding hydrogens is 242 g/mol. The van der Waals surface area contributed by atoms with Gasteiger partial charge in [0.15, 0.2) is 0 Å². The van der Waals surface area contributed by atoms with Crippen LogP contribution in [-0.2, 0) is 9.53 Å². The molecule has 0 saturated carbocycles. The number of hydrogen-bond acceptors (Lipinski definition) is 4. The molecule has 5 nitrogen and oxygen atoms in total. The van der Waals surface area contributed by atoms with E-state index in [1.165, 1.54) is 0 Å². The fraction of sp³-hybridized carbons (Fsp3) is 0.429. The fourth-order valence-electron chi connectivity index (χ4n) is 2.12. The Labute approximate surface area is 112 Å². The van der Waals surface area contributed by atoms with E-state index in [9.17, 15) is 4.79 Å². The monoisotopic (exact) mass is 259 g/mol. The minimum atomic E-state index is -0.395. The summed E-state index contributed by atoms with van der Waals surface area (Å²) in [6.07, 6.45) is 1.03. The van der Waals surface area contributed by atoms with Crippen LogP contribution in [0.5, 0.6) is 0 Å². The number of benzene rings is 1. The summed E-state index contributed by atoms with van der Waals surface area (Å²) in [5.41, 5.74) is 6.86. The van der Waals surface area contributed by atoms with Crippen LogP contribution < -0.4 is 10.6 Å². The Hall–Kier alpha value is -1.90. The van der Waals surface area contributed by atoms with E-state index in [1.807, 2.05) is 0 Å². The van der Waals surface area contributed by atoms with Crippen molar-refractivity contribution in [3.63, 3.8) is 0 Å². The van der Waals surface area contributed by atoms with Crippen LogP contribution in [0.25, 0.3) is 0 Å². The van der Waals surface area contributed by atoms with Crippen molar-refractivity contribution in [3.05, 3.63) is 29.8 Å². The molecule has 1 aromatic rings. The number of nitrogens with two attached hydrogens (primary N) is 1. The summed E-state index contributed by atoms with van der Waals surface area (Å²) in [7, 11) is 0. The molecule has 100 valence electrons. The van der Waals surface area contributed by atoms with Gasteiger partial charge >= 0.3 is 0 Å². The highest BCUT2D eigenvalue weighted by Crippen LogP contribution is 2.21. The van der Waals surface area contributed by atoms with Gasteiger partial charge in [-0.25, -0.2) is 0 Å². The average molecular weight is 259 g/mol. The van der Waals surface area contributed by atoms with Crippen LogP contribution in [0.1, 0.15) is 18.4 Å². The van der Waals surface area contributed by atoms with Crippen LogP contribution >= 0.6 is 0 Å². The molecule has 1 aliphatic rings. The first kappa shape index (κ1) is 13.5. The van der Waals surface area contributed by atoms with Gasteiger partial charge in [-0.15, -0.1) is 0 Å². The van der Waals surface area contributed by atoms with Crippen LogP contribution in [0.15, 0.2) is 24.3 Å². The summed E-state index contributed by atoms with van der Waals surface area (Å²) in [6, 6.07) is 9.08. The van der Waals surface area contributed by atoms with E-state index in [-0.39, 0.29) is 5.91 Å². The van der Waals surface area contributed by atoms with E-state index in [2.05, 4.69) is 6.07 Å². The van der Waals surface area contributed by atoms with Gasteiger partial charge in [-0.3, -0.25) is 4.79 Å². The summed E-state index contributed by atoms with van der Waals surface area (Å²) in [5, 5.41) is 8.77. The number of nitrogens with zero attached hydrogens (tertiary/aromatic N) is 2. The van der Waals surface area contributed by atoms with Gasteiger partial charge in [-0.05, 0) is 43.7 Å². The largest absolute Gasteiger partial charge is 0.367 e. The van der Waals surface area contributed by atoms with E-state index in [1.54, 1.807) is 29.2 Å². The summed E-state index contributed by atoms with van der Waals surface area (Å²) >= 11 is 0. The lowest BCUT2D eigenvalue weighted by molar-refractivity contribution is -0.134. The molecule has 1 aliphatic heterocycles. The number of morpholine rings is 1. The van der Waals surface area contributed by atoms with Crippen molar-refractivity contribution in [2.24, 2.45) is 5.73 Å². The van der Waals surface area contributed by atoms with E-state index in [0.717, 1.165) is 12.1 Å². The molecular formula is C14H17N3O2. The molecule has 1 aromatic carbocycles. The number of rotatable bonds is 4. The van der Waals surface area contributed by atoms with Gasteiger partial charge in [-0.1, -0.05) is 0 Å². The summed E-state index contributed by atoms with van der Waals surface area (Å²) in [6.45, 7) is 1.63. The standard InChI is InChI=1S/C14H17N3O2/c15-7-1-2-13-14(18)17(8-9-19-13)12-5-3-11(10-16)4-6-12/h3-6,13H,1-2,7-9,15H2. The minimum Gasteiger partial charge on any atom is -0.367 e. The molecule has 1 saturated heterocycles. The lowest BCUT2D eigenvalue weighted by Gasteiger charge is -2.32. The zero-order valence-electron chi connectivity index (χ0n) is 10.7. The number of hydrogen-bond donors (Lipinski definition) is 1. The zero-order valence-corrected chi connectivity index (χ0v) is 10.7. The quantitative estimate of drug-likeness (QED) is 0.875. The number of carbonyl (C=O) groups excluding carboxylic acids is 1. The van der Waals surface area contributed by atoms with Crippen molar-refractivity contribution in [2.75, 3.05) is 24.6 Å². The molecule has 2 N–H and O–H groups in total. The summed E-state index contributed by atoms with van der Waals surface area (Å²) in [5.74, 6) is -0.0237. The van der Waals surface area contributed by atoms with Crippen LogP contribution in [0.2, 0.25) is 0 Å². The summed E-state index contributed by atoms with van der Waals surface area (Å²) < 4.78 is 5.49. The van der Waals surface area contributed by atoms with E-state index < -0.39 is 6.10 Å². The fourth-order valence-corrected chi connectivity index (χ4v) is 2.12. The van der Waals surface area contributed by atoms with Gasteiger partial charge in [0.05, 0.1) is 18.2 Å². The molecule has 1 fully saturated rings. The third-order valence-corrected chi connectivity index (χ3v) is 3.15. The molecule has 2 rings (SSSR count). The van der Waals surface area contributed by atoms with Crippen LogP contribution in [-0.4, -0.2) is 31.7 Å². The molecule has 5 heteroatoms. The second kappa shape index (κ2) is 6.32. The lowest BCUT2D eigenvalue weighted by atomic mass is 10.1. The van der Waals surface area contributed by atoms with Crippen LogP contribution in [0, 0.1) is 11.3 Å². The molecule has 0 radical (unpaired) electrons. The molecule has 0 spiro atoms. The van der Waals surface area contributed by atoms with Gasteiger partial charge in [0.1, 0.15) is 6.10 Å². The molecule has 0 aliphatic carbocycles. The minimum absolute atomic E-state index is 0.0237. The van der Waals surface area contributed by atoms with Crippen molar-refractivity contribution in [1.82, 2.24) is 0 Å². The van der Waals surface area contributed by atoms with Crippen molar-refractivity contribution < 1.29 is 9.53 Å². The number of nitriles is 1. The third kappa shape index (κ3) is 3.11. The number of ether oxygens (including phenoxy) is 1. The Kier molecular flexibility index (Phi) is 4.50. The first-order valence-electron chi connectivity index (χ1n) is 6.39. The average Bonchev–Trinajstić information content (AvgIpc) is 2.46. The lowest BCUT2D eigenvalue weighted by Crippen LogP contribution is -2.48. The van der Waals surface area contributed by atoms with E-state index >= 15 is 0 Å². The second-order valence-corrected chi connectivity index (χ2v) is 4.44. The Balaban J connectivity index is 2.10. The highest BCUT2D eigenvalue weighted by atomic mass is 16.5. The predicted molar refractivity (Wildman–Crippen MR) is 71.5 cm³/mol. The van der Waals surface area contributed by atoms with Gasteiger partial charge in [0.25, 0.3) is 5.91 Å². The SMILES string of the molecule is N#Cc1ccc(N2CCOC(CCCN)C2=O)cc1. The highest BCUT2D eigenvalue weighted by molar-refractivity contribution is 5.97. The number of carbonyl (C=O) groups is 1. The molecule has 1 heterocycles. The topological polar surface area (TPSA) is 79.3 Å². The molecule has 1 atom stereocenters. The molecule has 19 heavy (non-hydrogen) atoms. The van der Waals surface area contributed by atoms with Crippen molar-refractivity contribution >= 4 is 11.6 Å². The molecule has 0 aromatic heterocycles. The second-order valence-electron chi connectivity index (χ2n) is 4.44. The number of amides is 1. The van der Waals surface area contributed by atoms with Crippen molar-refractivity contribution in [2.45, 2.75) is 18.9 Å². The number of anilines is 1. The maximum atomic E-state index is 12.3. The summed E-state index contributed by atoms with van der Waals surface area (Å²) in [4.78, 5) is 14.0. The van der Waals surface area contributed by atoms with Crippen LogP contribution in [0.4, 0.5) is 5.69 Å². The van der Waals surface area contributed by atoms with E-state index in [4.69, 9.17) is 15.7 Å². The molecule has 1 amide bonds. The van der Waals surface area contributed by atoms with Gasteiger partial charge < -0.3 is 15.4 Å². The third-order valence-electron chi connectivity index (χ3n) is 3.15. The Morgan fingerprint density at radius 3 is 2.79 bits per heavy atom. The molecule has 1 unspecified atom stereocenters. The zero-order chi connectivity index (χ0) is 13.7. The van der Waals surface area contributed by atoms with Crippen molar-refractivity contribution in [3.8, 4) is 6.07 Å². The first-order chi connectivity index (χ1) is 9.26. The van der Waals surface area contributed by atoms with Crippen LogP contribution in [0.3, 0.4) is 0 Å². The van der Waals surface area contributed by atoms with Crippen molar-refractivity contribution in [1.29, 1.82) is 5.26 Å². The normalized spacial score (nSPS) is 19.3. The van der Waals surface area contributed by atoms with Gasteiger partial charge in [-0.2, -0.15) is 5.26 Å². The highest BCUT2D eigenvalue weighted by Gasteiger charge is 2.29. The Morgan fingerprint density at radius 1 is 1.42 bits per heavy atom. The maximum absolute atomic E-state index is 12.3. The first-order valence-corrected chi connectivity index (χ1v) is 6.39. The van der Waals surface area contributed by atoms with Gasteiger partial charge in [0.2, 0.25) is 0 Å². The van der Waals surface area contributed by atoms with E-state index in [0.29, 0.717) is 31.7 Å². The smallest absolute Gasteiger partial charge is 0.256 e. The Bertz CT molecular complexity index is 478.